The fourth-order valence-electron chi connectivity index (χ4n) is 7.74. The fraction of sp³-hybridized carbons (Fsp3) is 0.778. The van der Waals surface area contributed by atoms with E-state index in [9.17, 15) is 14.7 Å². The van der Waals surface area contributed by atoms with Crippen LogP contribution >= 0.6 is 0 Å². The van der Waals surface area contributed by atoms with Gasteiger partial charge in [0.15, 0.2) is 6.35 Å². The molecule has 2 saturated heterocycles. The fourth-order valence-corrected chi connectivity index (χ4v) is 7.74. The number of carbonyl (C=O) groups excluding carboxylic acids is 2. The molecular formula is C36H61N6O3+. The lowest BCUT2D eigenvalue weighted by molar-refractivity contribution is -0.870. The van der Waals surface area contributed by atoms with E-state index in [1.54, 1.807) is 0 Å². The Morgan fingerprint density at radius 3 is 2.31 bits per heavy atom. The number of piperidine rings is 2. The minimum absolute atomic E-state index is 0.0589. The maximum atomic E-state index is 14.2. The number of amides is 2. The Hall–Kier alpha value is -2.04. The molecule has 2 aliphatic heterocycles. The summed E-state index contributed by atoms with van der Waals surface area (Å²) in [4.78, 5) is 32.1. The average Bonchev–Trinajstić information content (AvgIpc) is 3.80. The quantitative estimate of drug-likeness (QED) is 0.144. The SMILES string of the molecule is C[N+](C)(C)CCCC[C@@H](NC1CCCCC1)C(=O)N1CC[C@@H](NC(O)N2CCC3(CC2)CC3)[C@@H](C(=O)NCc2ccccc2)C1. The summed E-state index contributed by atoms with van der Waals surface area (Å²) in [6.07, 6.45) is 13.7. The van der Waals surface area contributed by atoms with E-state index in [1.807, 2.05) is 35.2 Å². The van der Waals surface area contributed by atoms with Crippen molar-refractivity contribution in [2.45, 2.75) is 114 Å². The highest BCUT2D eigenvalue weighted by atomic mass is 16.3. The van der Waals surface area contributed by atoms with Gasteiger partial charge in [-0.1, -0.05) is 49.6 Å². The first-order valence-electron chi connectivity index (χ1n) is 18.0. The Bertz CT molecular complexity index is 1070. The van der Waals surface area contributed by atoms with E-state index in [-0.39, 0.29) is 23.9 Å². The van der Waals surface area contributed by atoms with Crippen LogP contribution in [0.25, 0.3) is 0 Å². The molecule has 1 spiro atoms. The highest BCUT2D eigenvalue weighted by Crippen LogP contribution is 2.53. The molecule has 4 atom stereocenters. The normalized spacial score (nSPS) is 25.6. The zero-order chi connectivity index (χ0) is 31.9. The van der Waals surface area contributed by atoms with Gasteiger partial charge in [-0.05, 0) is 75.2 Å². The van der Waals surface area contributed by atoms with E-state index in [1.165, 1.54) is 32.1 Å². The topological polar surface area (TPSA) is 96.9 Å². The summed E-state index contributed by atoms with van der Waals surface area (Å²) >= 11 is 0. The van der Waals surface area contributed by atoms with Crippen molar-refractivity contribution in [3.05, 3.63) is 35.9 Å². The largest absolute Gasteiger partial charge is 0.365 e. The maximum Gasteiger partial charge on any atom is 0.239 e. The van der Waals surface area contributed by atoms with Gasteiger partial charge in [-0.3, -0.25) is 19.8 Å². The number of aliphatic hydroxyl groups excluding tert-OH is 1. The van der Waals surface area contributed by atoms with E-state index in [2.05, 4.69) is 42.0 Å². The van der Waals surface area contributed by atoms with Gasteiger partial charge >= 0.3 is 0 Å². The molecule has 9 heteroatoms. The number of likely N-dealkylation sites (tertiary alicyclic amines) is 2. The molecule has 2 saturated carbocycles. The number of benzene rings is 1. The number of hydrogen-bond acceptors (Lipinski definition) is 6. The number of nitrogens with one attached hydrogen (secondary N) is 3. The molecule has 4 N–H and O–H groups in total. The van der Waals surface area contributed by atoms with E-state index in [0.29, 0.717) is 37.5 Å². The lowest BCUT2D eigenvalue weighted by atomic mass is 9.89. The van der Waals surface area contributed by atoms with Gasteiger partial charge in [0, 0.05) is 44.8 Å². The highest BCUT2D eigenvalue weighted by molar-refractivity contribution is 5.84. The van der Waals surface area contributed by atoms with Crippen LogP contribution < -0.4 is 16.0 Å². The summed E-state index contributed by atoms with van der Waals surface area (Å²) in [5, 5.41) is 21.6. The zero-order valence-corrected chi connectivity index (χ0v) is 28.3. The van der Waals surface area contributed by atoms with E-state index in [0.717, 1.165) is 74.6 Å². The predicted octanol–water partition coefficient (Wildman–Crippen LogP) is 3.43. The summed E-state index contributed by atoms with van der Waals surface area (Å²) in [5.41, 5.74) is 1.59. The minimum atomic E-state index is -0.778. The van der Waals surface area contributed by atoms with Crippen molar-refractivity contribution in [1.82, 2.24) is 25.8 Å². The van der Waals surface area contributed by atoms with Gasteiger partial charge in [-0.15, -0.1) is 0 Å². The average molecular weight is 626 g/mol. The number of quaternary nitrogens is 1. The molecule has 0 aromatic heterocycles. The molecule has 2 aliphatic carbocycles. The van der Waals surface area contributed by atoms with Gasteiger partial charge in [-0.2, -0.15) is 0 Å². The molecule has 0 bridgehead atoms. The monoisotopic (exact) mass is 625 g/mol. The number of aliphatic hydroxyl groups is 1. The summed E-state index contributed by atoms with van der Waals surface area (Å²) in [6.45, 7) is 4.28. The molecule has 4 fully saturated rings. The van der Waals surface area contributed by atoms with Crippen molar-refractivity contribution >= 4 is 11.8 Å². The van der Waals surface area contributed by atoms with Crippen molar-refractivity contribution in [1.29, 1.82) is 0 Å². The molecule has 5 rings (SSSR count). The van der Waals surface area contributed by atoms with Gasteiger partial charge in [0.05, 0.1) is 39.6 Å². The Labute approximate surface area is 272 Å². The first-order chi connectivity index (χ1) is 21.6. The Morgan fingerprint density at radius 2 is 1.64 bits per heavy atom. The van der Waals surface area contributed by atoms with Gasteiger partial charge < -0.3 is 25.1 Å². The summed E-state index contributed by atoms with van der Waals surface area (Å²) in [5.74, 6) is -0.359. The molecule has 45 heavy (non-hydrogen) atoms. The van der Waals surface area contributed by atoms with Gasteiger partial charge in [-0.25, -0.2) is 0 Å². The van der Waals surface area contributed by atoms with Crippen molar-refractivity contribution in [2.75, 3.05) is 53.9 Å². The van der Waals surface area contributed by atoms with Gasteiger partial charge in [0.2, 0.25) is 11.8 Å². The lowest BCUT2D eigenvalue weighted by Crippen LogP contribution is -2.62. The summed E-state index contributed by atoms with van der Waals surface area (Å²) in [6, 6.07) is 9.94. The molecule has 252 valence electrons. The van der Waals surface area contributed by atoms with E-state index >= 15 is 0 Å². The van der Waals surface area contributed by atoms with Crippen LogP contribution in [0.4, 0.5) is 0 Å². The second kappa shape index (κ2) is 15.7. The predicted molar refractivity (Wildman–Crippen MR) is 179 cm³/mol. The first-order valence-corrected chi connectivity index (χ1v) is 18.0. The Balaban J connectivity index is 1.24. The first kappa shape index (κ1) is 34.3. The van der Waals surface area contributed by atoms with Crippen molar-refractivity contribution in [3.8, 4) is 0 Å². The van der Waals surface area contributed by atoms with Crippen LogP contribution in [0, 0.1) is 11.3 Å². The van der Waals surface area contributed by atoms with Crippen molar-refractivity contribution in [2.24, 2.45) is 11.3 Å². The van der Waals surface area contributed by atoms with Crippen LogP contribution in [0.2, 0.25) is 0 Å². The number of carbonyl (C=O) groups is 2. The Morgan fingerprint density at radius 1 is 0.933 bits per heavy atom. The second-order valence-electron chi connectivity index (χ2n) is 15.6. The Kier molecular flexibility index (Phi) is 12.0. The third-order valence-electron chi connectivity index (χ3n) is 11.0. The van der Waals surface area contributed by atoms with Crippen LogP contribution in [0.1, 0.15) is 89.0 Å². The molecule has 4 aliphatic rings. The smallest absolute Gasteiger partial charge is 0.239 e. The van der Waals surface area contributed by atoms with E-state index < -0.39 is 12.3 Å². The van der Waals surface area contributed by atoms with Crippen LogP contribution in [-0.4, -0.2) is 110 Å². The lowest BCUT2D eigenvalue weighted by Gasteiger charge is -2.43. The highest BCUT2D eigenvalue weighted by Gasteiger charge is 2.46. The minimum Gasteiger partial charge on any atom is -0.365 e. The molecule has 0 radical (unpaired) electrons. The molecule has 2 amide bonds. The van der Waals surface area contributed by atoms with Crippen molar-refractivity contribution in [3.63, 3.8) is 0 Å². The summed E-state index contributed by atoms with van der Waals surface area (Å²) in [7, 11) is 6.65. The zero-order valence-electron chi connectivity index (χ0n) is 28.3. The molecule has 1 aromatic rings. The molecular weight excluding hydrogens is 564 g/mol. The van der Waals surface area contributed by atoms with Gasteiger partial charge in [0.1, 0.15) is 0 Å². The number of unbranched alkanes of at least 4 members (excludes halogenated alkanes) is 1. The third-order valence-corrected chi connectivity index (χ3v) is 11.0. The summed E-state index contributed by atoms with van der Waals surface area (Å²) < 4.78 is 0.930. The van der Waals surface area contributed by atoms with Crippen LogP contribution in [0.5, 0.6) is 0 Å². The van der Waals surface area contributed by atoms with Crippen molar-refractivity contribution < 1.29 is 19.2 Å². The second-order valence-corrected chi connectivity index (χ2v) is 15.6. The maximum absolute atomic E-state index is 14.2. The number of hydrogen-bond donors (Lipinski definition) is 4. The van der Waals surface area contributed by atoms with Crippen LogP contribution in [0.3, 0.4) is 0 Å². The molecule has 9 nitrogen and oxygen atoms in total. The number of nitrogens with zero attached hydrogens (tertiary/aromatic N) is 3. The molecule has 2 heterocycles. The van der Waals surface area contributed by atoms with Crippen LogP contribution in [-0.2, 0) is 16.1 Å². The van der Waals surface area contributed by atoms with Gasteiger partial charge in [0.25, 0.3) is 0 Å². The molecule has 1 aromatic carbocycles. The third kappa shape index (κ3) is 10.2. The van der Waals surface area contributed by atoms with Crippen LogP contribution in [0.15, 0.2) is 30.3 Å². The standard InChI is InChI=1S/C36H60N6O3/c1-42(2,3)25-11-10-16-32(38-29-14-8-5-9-15-29)34(44)41-22-17-31(39-35(45)40-23-20-36(18-19-36)21-24-40)30(27-41)33(43)37-26-28-12-6-4-7-13-28/h4,6-7,12-13,29-32,35,38-39,45H,5,8-11,14-27H2,1-3H3/p+1/t30-,31+,32+,35?/m0/s1. The van der Waals surface area contributed by atoms with E-state index in [4.69, 9.17) is 0 Å². The number of rotatable bonds is 14. The molecule has 1 unspecified atom stereocenters.